The zero-order valence-electron chi connectivity index (χ0n) is 7.45. The van der Waals surface area contributed by atoms with Crippen LogP contribution < -0.4 is 0 Å². The molecule has 0 spiro atoms. The third kappa shape index (κ3) is 0.780. The lowest BCUT2D eigenvalue weighted by Crippen LogP contribution is -2.49. The van der Waals surface area contributed by atoms with Crippen molar-refractivity contribution in [3.63, 3.8) is 0 Å². The van der Waals surface area contributed by atoms with Crippen molar-refractivity contribution in [1.82, 2.24) is 0 Å². The van der Waals surface area contributed by atoms with E-state index in [-0.39, 0.29) is 5.41 Å². The van der Waals surface area contributed by atoms with Crippen molar-refractivity contribution >= 4 is 5.71 Å². The average Bonchev–Trinajstić information content (AvgIpc) is 2.08. The minimum absolute atomic E-state index is 0.240. The van der Waals surface area contributed by atoms with Crippen molar-refractivity contribution in [2.75, 3.05) is 0 Å². The van der Waals surface area contributed by atoms with Gasteiger partial charge in [-0.15, -0.1) is 0 Å². The predicted molar refractivity (Wildman–Crippen MR) is 48.4 cm³/mol. The van der Waals surface area contributed by atoms with E-state index in [2.05, 4.69) is 24.2 Å². The van der Waals surface area contributed by atoms with Crippen LogP contribution in [0.2, 0.25) is 0 Å². The number of rotatable bonds is 1. The van der Waals surface area contributed by atoms with E-state index in [9.17, 15) is 0 Å². The Morgan fingerprint density at radius 1 is 1.75 bits per heavy atom. The summed E-state index contributed by atoms with van der Waals surface area (Å²) in [5.41, 5.74) is 1.27. The predicted octanol–water partition coefficient (Wildman–Crippen LogP) is 2.58. The summed E-state index contributed by atoms with van der Waals surface area (Å²) >= 11 is 0. The second-order valence-electron chi connectivity index (χ2n) is 3.83. The maximum atomic E-state index is 8.79. The molecule has 2 nitrogen and oxygen atoms in total. The number of fused-ring (bicyclic) bond motifs is 1. The Morgan fingerprint density at radius 3 is 3.17 bits per heavy atom. The molecule has 0 aromatic carbocycles. The zero-order valence-corrected chi connectivity index (χ0v) is 7.45. The molecule has 0 amide bonds. The van der Waals surface area contributed by atoms with Crippen molar-refractivity contribution < 1.29 is 5.21 Å². The summed E-state index contributed by atoms with van der Waals surface area (Å²) in [7, 11) is 0. The van der Waals surface area contributed by atoms with Crippen LogP contribution in [0, 0.1) is 11.3 Å². The molecule has 12 heavy (non-hydrogen) atoms. The highest BCUT2D eigenvalue weighted by Gasteiger charge is 2.50. The normalized spacial score (nSPS) is 42.4. The molecule has 0 heterocycles. The van der Waals surface area contributed by atoms with E-state index in [0.29, 0.717) is 5.92 Å². The van der Waals surface area contributed by atoms with Crippen LogP contribution in [0.25, 0.3) is 0 Å². The summed E-state index contributed by atoms with van der Waals surface area (Å²) in [6, 6.07) is 0. The van der Waals surface area contributed by atoms with Gasteiger partial charge in [0.15, 0.2) is 0 Å². The number of oxime groups is 1. The van der Waals surface area contributed by atoms with Crippen LogP contribution in [-0.2, 0) is 0 Å². The maximum Gasteiger partial charge on any atom is 0.0644 e. The Balaban J connectivity index is 2.27. The summed E-state index contributed by atoms with van der Waals surface area (Å²) in [4.78, 5) is 0. The molecule has 2 aliphatic carbocycles. The van der Waals surface area contributed by atoms with E-state index >= 15 is 0 Å². The van der Waals surface area contributed by atoms with Gasteiger partial charge in [0.2, 0.25) is 0 Å². The van der Waals surface area contributed by atoms with Crippen LogP contribution in [0.3, 0.4) is 0 Å². The van der Waals surface area contributed by atoms with E-state index in [1.165, 1.54) is 6.42 Å². The number of hydrogen-bond acceptors (Lipinski definition) is 2. The van der Waals surface area contributed by atoms with Crippen LogP contribution in [0.4, 0.5) is 0 Å². The number of nitrogens with zero attached hydrogens (tertiary/aromatic N) is 1. The lowest BCUT2D eigenvalue weighted by atomic mass is 9.53. The first-order valence-corrected chi connectivity index (χ1v) is 4.71. The van der Waals surface area contributed by atoms with Gasteiger partial charge < -0.3 is 5.21 Å². The van der Waals surface area contributed by atoms with Gasteiger partial charge in [-0.3, -0.25) is 0 Å². The number of hydrogen-bond donors (Lipinski definition) is 1. The molecule has 2 rings (SSSR count). The van der Waals surface area contributed by atoms with Gasteiger partial charge in [0.05, 0.1) is 5.71 Å². The molecule has 1 N–H and O–H groups in total. The Bertz CT molecular complexity index is 244. The molecular weight excluding hydrogens is 150 g/mol. The lowest BCUT2D eigenvalue weighted by molar-refractivity contribution is 0.187. The third-order valence-corrected chi connectivity index (χ3v) is 3.57. The quantitative estimate of drug-likeness (QED) is 0.361. The van der Waals surface area contributed by atoms with Gasteiger partial charge in [0.25, 0.3) is 0 Å². The fourth-order valence-electron chi connectivity index (χ4n) is 2.66. The topological polar surface area (TPSA) is 32.6 Å². The molecule has 0 bridgehead atoms. The monoisotopic (exact) mass is 165 g/mol. The van der Waals surface area contributed by atoms with Crippen LogP contribution in [0.15, 0.2) is 17.3 Å². The molecule has 0 radical (unpaired) electrons. The zero-order chi connectivity index (χ0) is 8.60. The molecule has 1 fully saturated rings. The fraction of sp³-hybridized carbons (Fsp3) is 0.700. The SMILES string of the molecule is CCC12CCC=CC1CC2=NO. The van der Waals surface area contributed by atoms with E-state index in [0.717, 1.165) is 25.0 Å². The van der Waals surface area contributed by atoms with E-state index in [1.807, 2.05) is 0 Å². The molecule has 0 saturated heterocycles. The minimum Gasteiger partial charge on any atom is -0.411 e. The summed E-state index contributed by atoms with van der Waals surface area (Å²) in [6.07, 6.45) is 8.95. The summed E-state index contributed by atoms with van der Waals surface area (Å²) in [5, 5.41) is 12.2. The van der Waals surface area contributed by atoms with Gasteiger partial charge >= 0.3 is 0 Å². The molecule has 0 aromatic heterocycles. The highest BCUT2D eigenvalue weighted by atomic mass is 16.4. The molecule has 66 valence electrons. The second-order valence-corrected chi connectivity index (χ2v) is 3.83. The average molecular weight is 165 g/mol. The molecule has 2 heteroatoms. The third-order valence-electron chi connectivity index (χ3n) is 3.57. The Labute approximate surface area is 73.0 Å². The molecule has 1 saturated carbocycles. The van der Waals surface area contributed by atoms with Crippen LogP contribution in [-0.4, -0.2) is 10.9 Å². The maximum absolute atomic E-state index is 8.79. The highest BCUT2D eigenvalue weighted by Crippen LogP contribution is 2.52. The van der Waals surface area contributed by atoms with Crippen molar-refractivity contribution in [1.29, 1.82) is 0 Å². The molecule has 2 aliphatic rings. The van der Waals surface area contributed by atoms with Crippen LogP contribution in [0.5, 0.6) is 0 Å². The largest absolute Gasteiger partial charge is 0.411 e. The molecule has 0 aromatic rings. The molecule has 2 atom stereocenters. The standard InChI is InChI=1S/C10H15NO/c1-2-10-6-4-3-5-8(10)7-9(10)11-12/h3,5,8,12H,2,4,6-7H2,1H3. The van der Waals surface area contributed by atoms with Gasteiger partial charge in [-0.25, -0.2) is 0 Å². The first kappa shape index (κ1) is 7.84. The van der Waals surface area contributed by atoms with Gasteiger partial charge in [-0.05, 0) is 31.6 Å². The Kier molecular flexibility index (Phi) is 1.71. The van der Waals surface area contributed by atoms with Crippen molar-refractivity contribution in [3.8, 4) is 0 Å². The lowest BCUT2D eigenvalue weighted by Gasteiger charge is -2.50. The van der Waals surface area contributed by atoms with Crippen LogP contribution in [0.1, 0.15) is 32.6 Å². The number of allylic oxidation sites excluding steroid dienone is 2. The molecular formula is C10H15NO. The summed E-state index contributed by atoms with van der Waals surface area (Å²) < 4.78 is 0. The smallest absolute Gasteiger partial charge is 0.0644 e. The molecule has 2 unspecified atom stereocenters. The van der Waals surface area contributed by atoms with Gasteiger partial charge in [0.1, 0.15) is 0 Å². The van der Waals surface area contributed by atoms with E-state index in [4.69, 9.17) is 5.21 Å². The van der Waals surface area contributed by atoms with E-state index < -0.39 is 0 Å². The first-order valence-electron chi connectivity index (χ1n) is 4.71. The fourth-order valence-corrected chi connectivity index (χ4v) is 2.66. The van der Waals surface area contributed by atoms with Gasteiger partial charge in [-0.1, -0.05) is 24.2 Å². The summed E-state index contributed by atoms with van der Waals surface area (Å²) in [5.74, 6) is 0.655. The Morgan fingerprint density at radius 2 is 2.58 bits per heavy atom. The highest BCUT2D eigenvalue weighted by molar-refractivity contribution is 5.96. The van der Waals surface area contributed by atoms with Crippen molar-refractivity contribution in [2.45, 2.75) is 32.6 Å². The minimum atomic E-state index is 0.240. The summed E-state index contributed by atoms with van der Waals surface area (Å²) in [6.45, 7) is 2.19. The van der Waals surface area contributed by atoms with Crippen molar-refractivity contribution in [2.24, 2.45) is 16.5 Å². The first-order chi connectivity index (χ1) is 5.83. The second kappa shape index (κ2) is 2.61. The van der Waals surface area contributed by atoms with Crippen LogP contribution >= 0.6 is 0 Å². The van der Waals surface area contributed by atoms with Crippen molar-refractivity contribution in [3.05, 3.63) is 12.2 Å². The molecule has 0 aliphatic heterocycles. The van der Waals surface area contributed by atoms with Gasteiger partial charge in [-0.2, -0.15) is 0 Å². The van der Waals surface area contributed by atoms with Gasteiger partial charge in [0, 0.05) is 5.41 Å². The van der Waals surface area contributed by atoms with E-state index in [1.54, 1.807) is 0 Å². The Hall–Kier alpha value is -0.790.